The topological polar surface area (TPSA) is 205 Å². The van der Waals surface area contributed by atoms with Gasteiger partial charge in [0.15, 0.2) is 0 Å². The number of hydrogen-bond acceptors (Lipinski definition) is 13. The summed E-state index contributed by atoms with van der Waals surface area (Å²) in [7, 11) is 1.75. The summed E-state index contributed by atoms with van der Waals surface area (Å²) in [6, 6.07) is 5.01. The van der Waals surface area contributed by atoms with Gasteiger partial charge in [-0.25, -0.2) is 8.42 Å². The second-order valence-electron chi connectivity index (χ2n) is 18.2. The number of aromatic nitrogens is 2. The van der Waals surface area contributed by atoms with Crippen LogP contribution in [0.2, 0.25) is 0 Å². The Labute approximate surface area is 377 Å². The number of nitrogens with zero attached hydrogens (tertiary/aromatic N) is 9. The highest BCUT2D eigenvalue weighted by Crippen LogP contribution is 2.52. The summed E-state index contributed by atoms with van der Waals surface area (Å²) in [6.07, 6.45) is 17.4. The molecule has 3 aliphatic heterocycles. The molecule has 7 rings (SSSR count). The molecule has 1 aromatic heterocycles. The zero-order chi connectivity index (χ0) is 46.0. The highest BCUT2D eigenvalue weighted by molar-refractivity contribution is 7.89. The number of aliphatic hydroxyl groups is 1. The summed E-state index contributed by atoms with van der Waals surface area (Å²) >= 11 is 0. The lowest BCUT2D eigenvalue weighted by Gasteiger charge is -2.38. The standard InChI is InChI=1S/C39H55N11O6S.C6H12O/c1-39(15-16-39)31(22-40-2)37(46(5)26-51)42-25-41-29-13-19-49(20-14-29)57(55,56)30-21-43-48(24-30)23-28-11-17-47(18-12-28)32-7-6-8-33(36(32)45(3)4)50(27-52)34-9-10-35(53)44-38(34)54;7-6-4-2-1-3-5-6/h6-8,21-22,24,26-29,34,41H,2,9-20,23,25H2,1,3-5H3,(H,44,53,54);6-7H,1-5H2/b31-22+,42-37+;. The molecule has 0 bridgehead atoms. The van der Waals surface area contributed by atoms with Gasteiger partial charge in [0.1, 0.15) is 16.8 Å². The Bertz CT molecular complexity index is 2130. The van der Waals surface area contributed by atoms with Crippen molar-refractivity contribution in [2.75, 3.05) is 68.7 Å². The lowest BCUT2D eigenvalue weighted by atomic mass is 9.96. The Balaban J connectivity index is 0.000000885. The smallest absolute Gasteiger partial charge is 0.249 e. The number of piperidine rings is 3. The number of rotatable bonds is 16. The summed E-state index contributed by atoms with van der Waals surface area (Å²) in [6.45, 7) is 8.81. The quantitative estimate of drug-likeness (QED) is 0.0963. The molecule has 0 radical (unpaired) electrons. The van der Waals surface area contributed by atoms with Crippen molar-refractivity contribution in [3.63, 3.8) is 0 Å². The van der Waals surface area contributed by atoms with E-state index in [1.165, 1.54) is 39.6 Å². The van der Waals surface area contributed by atoms with E-state index in [1.807, 2.05) is 37.2 Å². The number of carbonyl (C=O) groups is 4. The van der Waals surface area contributed by atoms with Crippen LogP contribution in [0.1, 0.15) is 90.4 Å². The van der Waals surface area contributed by atoms with Crippen LogP contribution < -0.4 is 25.3 Å². The van der Waals surface area contributed by atoms with Crippen molar-refractivity contribution < 1.29 is 32.7 Å². The maximum absolute atomic E-state index is 13.7. The van der Waals surface area contributed by atoms with E-state index in [1.54, 1.807) is 24.1 Å². The van der Waals surface area contributed by atoms with Gasteiger partial charge in [0.25, 0.3) is 0 Å². The number of carbonyl (C=O) groups excluding carboxylic acids is 4. The monoisotopic (exact) mass is 905 g/mol. The van der Waals surface area contributed by atoms with E-state index >= 15 is 0 Å². The van der Waals surface area contributed by atoms with Gasteiger partial charge in [0, 0.05) is 84.3 Å². The third-order valence-corrected chi connectivity index (χ3v) is 15.1. The molecule has 3 saturated heterocycles. The first-order valence-electron chi connectivity index (χ1n) is 22.6. The molecule has 5 fully saturated rings. The summed E-state index contributed by atoms with van der Waals surface area (Å²) < 4.78 is 30.6. The predicted octanol–water partition coefficient (Wildman–Crippen LogP) is 3.52. The molecule has 4 heterocycles. The molecule has 19 heteroatoms. The maximum Gasteiger partial charge on any atom is 0.249 e. The fraction of sp³-hybridized carbons (Fsp3) is 0.622. The Kier molecular flexibility index (Phi) is 16.5. The fourth-order valence-corrected chi connectivity index (χ4v) is 10.6. The average Bonchev–Trinajstić information content (AvgIpc) is 3.86. The number of aliphatic imine (C=N–C) groups is 2. The number of amidine groups is 1. The van der Waals surface area contributed by atoms with Gasteiger partial charge < -0.3 is 24.7 Å². The second-order valence-corrected chi connectivity index (χ2v) is 20.1. The minimum atomic E-state index is -3.72. The summed E-state index contributed by atoms with van der Waals surface area (Å²) in [4.78, 5) is 64.4. The third kappa shape index (κ3) is 11.8. The van der Waals surface area contributed by atoms with Crippen molar-refractivity contribution in [2.24, 2.45) is 21.3 Å². The molecule has 64 heavy (non-hydrogen) atoms. The second kappa shape index (κ2) is 21.8. The van der Waals surface area contributed by atoms with E-state index in [2.05, 4.69) is 39.3 Å². The van der Waals surface area contributed by atoms with E-state index in [4.69, 9.17) is 10.1 Å². The van der Waals surface area contributed by atoms with Crippen LogP contribution >= 0.6 is 0 Å². The van der Waals surface area contributed by atoms with Gasteiger partial charge >= 0.3 is 0 Å². The molecular formula is C45H67N11O7S. The number of benzene rings is 1. The number of sulfonamides is 1. The van der Waals surface area contributed by atoms with Crippen LogP contribution in [0.25, 0.3) is 0 Å². The summed E-state index contributed by atoms with van der Waals surface area (Å²) in [5, 5.41) is 19.1. The highest BCUT2D eigenvalue weighted by atomic mass is 32.2. The first-order valence-corrected chi connectivity index (χ1v) is 24.1. The number of imide groups is 1. The SMILES string of the molecule is C=N/C=C(\C(=N/CNC1CCN(S(=O)(=O)c2cnn(CC3CCN(c4cccc(N(C=O)C5CCC(=O)NC5=O)c4N(C)C)CC3)c2)CC1)N(C)C=O)C1(C)CC1.OC1CCCCC1. The molecular weight excluding hydrogens is 839 g/mol. The predicted molar refractivity (Wildman–Crippen MR) is 248 cm³/mol. The lowest BCUT2D eigenvalue weighted by molar-refractivity contribution is -0.134. The van der Waals surface area contributed by atoms with Gasteiger partial charge in [-0.2, -0.15) is 9.40 Å². The summed E-state index contributed by atoms with van der Waals surface area (Å²) in [5.74, 6) is 0.0226. The van der Waals surface area contributed by atoms with Gasteiger partial charge in [0.2, 0.25) is 34.7 Å². The molecule has 350 valence electrons. The number of hydrogen-bond donors (Lipinski definition) is 3. The first kappa shape index (κ1) is 48.5. The number of nitrogens with one attached hydrogen (secondary N) is 2. The Morgan fingerprint density at radius 3 is 2.28 bits per heavy atom. The average molecular weight is 906 g/mol. The first-order chi connectivity index (χ1) is 30.7. The minimum Gasteiger partial charge on any atom is -0.393 e. The van der Waals surface area contributed by atoms with E-state index in [0.717, 1.165) is 75.0 Å². The molecule has 2 saturated carbocycles. The van der Waals surface area contributed by atoms with Crippen LogP contribution in [0.5, 0.6) is 0 Å². The Hall–Kier alpha value is -4.98. The highest BCUT2D eigenvalue weighted by Gasteiger charge is 2.44. The molecule has 5 aliphatic rings. The van der Waals surface area contributed by atoms with Gasteiger partial charge in [-0.1, -0.05) is 32.3 Å². The molecule has 2 aromatic rings. The molecule has 4 amide bonds. The van der Waals surface area contributed by atoms with Crippen molar-refractivity contribution in [3.05, 3.63) is 42.4 Å². The number of anilines is 3. The molecule has 1 unspecified atom stereocenters. The van der Waals surface area contributed by atoms with Crippen molar-refractivity contribution in [3.8, 4) is 0 Å². The minimum absolute atomic E-state index is 0.0359. The van der Waals surface area contributed by atoms with E-state index in [0.29, 0.717) is 50.4 Å². The largest absolute Gasteiger partial charge is 0.393 e. The number of aliphatic hydroxyl groups excluding tert-OH is 1. The van der Waals surface area contributed by atoms with Gasteiger partial charge in [0.05, 0.1) is 36.0 Å². The summed E-state index contributed by atoms with van der Waals surface area (Å²) in [5.41, 5.74) is 3.17. The van der Waals surface area contributed by atoms with Crippen LogP contribution in [-0.2, 0) is 35.7 Å². The molecule has 18 nitrogen and oxygen atoms in total. The third-order valence-electron chi connectivity index (χ3n) is 13.3. The maximum atomic E-state index is 13.7. The number of likely N-dealkylation sites (N-methyl/N-ethyl adjacent to an activating group) is 1. The van der Waals surface area contributed by atoms with Crippen LogP contribution in [0.15, 0.2) is 57.2 Å². The van der Waals surface area contributed by atoms with Crippen LogP contribution in [0, 0.1) is 11.3 Å². The number of para-hydroxylation sites is 1. The van der Waals surface area contributed by atoms with E-state index in [-0.39, 0.29) is 53.8 Å². The van der Waals surface area contributed by atoms with Crippen molar-refractivity contribution in [1.29, 1.82) is 0 Å². The van der Waals surface area contributed by atoms with Crippen LogP contribution in [0.4, 0.5) is 17.1 Å². The van der Waals surface area contributed by atoms with Crippen molar-refractivity contribution in [2.45, 2.75) is 120 Å². The van der Waals surface area contributed by atoms with E-state index in [9.17, 15) is 27.6 Å². The molecule has 2 aliphatic carbocycles. The molecule has 3 N–H and O–H groups in total. The Morgan fingerprint density at radius 2 is 1.70 bits per heavy atom. The van der Waals surface area contributed by atoms with Crippen LogP contribution in [0.3, 0.4) is 0 Å². The normalized spacial score (nSPS) is 21.6. The van der Waals surface area contributed by atoms with Gasteiger partial charge in [-0.05, 0) is 88.0 Å². The Morgan fingerprint density at radius 1 is 1.00 bits per heavy atom. The van der Waals surface area contributed by atoms with Gasteiger partial charge in [-0.15, -0.1) is 0 Å². The van der Waals surface area contributed by atoms with Crippen molar-refractivity contribution in [1.82, 2.24) is 29.6 Å². The molecule has 0 spiro atoms. The fourth-order valence-electron chi connectivity index (χ4n) is 9.13. The number of amides is 4. The van der Waals surface area contributed by atoms with Crippen LogP contribution in [-0.4, -0.2) is 142 Å². The van der Waals surface area contributed by atoms with Crippen molar-refractivity contribution >= 4 is 64.3 Å². The zero-order valence-corrected chi connectivity index (χ0v) is 38.7. The van der Waals surface area contributed by atoms with Gasteiger partial charge in [-0.3, -0.25) is 44.5 Å². The molecule has 1 atom stereocenters. The lowest BCUT2D eigenvalue weighted by Crippen LogP contribution is -2.52. The van der Waals surface area contributed by atoms with E-state index < -0.39 is 22.0 Å². The zero-order valence-electron chi connectivity index (χ0n) is 37.9. The molecule has 1 aromatic carbocycles.